The number of halogens is 2. The van der Waals surface area contributed by atoms with Crippen LogP contribution in [-0.2, 0) is 0 Å². The molecule has 0 fully saturated rings. The highest BCUT2D eigenvalue weighted by molar-refractivity contribution is 14.8. The van der Waals surface area contributed by atoms with E-state index in [-0.39, 0.29) is 0 Å². The summed E-state index contributed by atoms with van der Waals surface area (Å²) >= 11 is 1.07. The van der Waals surface area contributed by atoms with Crippen LogP contribution in [-0.4, -0.2) is 0 Å². The topological polar surface area (TPSA) is 0 Å². The van der Waals surface area contributed by atoms with Gasteiger partial charge in [-0.2, -0.15) is 0 Å². The van der Waals surface area contributed by atoms with Crippen LogP contribution in [0.3, 0.4) is 0 Å². The maximum absolute atomic E-state index is 2.36. The van der Waals surface area contributed by atoms with Crippen LogP contribution < -0.4 is 0 Å². The molecule has 0 aromatic carbocycles. The van der Waals surface area contributed by atoms with Gasteiger partial charge in [-0.1, -0.05) is 28.7 Å². The first-order chi connectivity index (χ1) is 3.39. The quantitative estimate of drug-likeness (QED) is 0.601. The largest absolute Gasteiger partial charge is 0.0555 e. The molecule has 0 amide bonds. The zero-order valence-electron chi connectivity index (χ0n) is 3.99. The van der Waals surface area contributed by atoms with Gasteiger partial charge in [-0.25, -0.2) is 0 Å². The van der Waals surface area contributed by atoms with E-state index >= 15 is 0 Å². The molecule has 0 spiro atoms. The van der Waals surface area contributed by atoms with Gasteiger partial charge in [0.1, 0.15) is 0 Å². The number of hydrogen-bond donors (Lipinski definition) is 0. The summed E-state index contributed by atoms with van der Waals surface area (Å²) in [4.78, 5) is 0. The van der Waals surface area contributed by atoms with Gasteiger partial charge in [-0.05, 0) is 31.2 Å². The van der Waals surface area contributed by atoms with E-state index in [1.807, 2.05) is 0 Å². The van der Waals surface area contributed by atoms with Crippen molar-refractivity contribution in [2.24, 2.45) is 0 Å². The summed E-state index contributed by atoms with van der Waals surface area (Å²) < 4.78 is 4.02. The van der Waals surface area contributed by atoms with Crippen LogP contribution >= 0.6 is 33.2 Å². The fourth-order valence-corrected chi connectivity index (χ4v) is 6.89. The molecule has 1 aliphatic rings. The van der Waals surface area contributed by atoms with Crippen LogP contribution in [0.25, 0.3) is 0 Å². The summed E-state index contributed by atoms with van der Waals surface area (Å²) in [6, 6.07) is 0. The summed E-state index contributed by atoms with van der Waals surface area (Å²) in [5.74, 6) is 0. The molecule has 0 radical (unpaired) electrons. The van der Waals surface area contributed by atoms with Crippen LogP contribution in [0.1, 0.15) is 6.92 Å². The van der Waals surface area contributed by atoms with Crippen molar-refractivity contribution in [3.05, 3.63) is 19.8 Å². The SMILES string of the molecule is CC1=CC=CI=I1. The lowest BCUT2D eigenvalue weighted by Crippen LogP contribution is -1.54. The molecule has 2 heteroatoms. The maximum atomic E-state index is 2.36. The lowest BCUT2D eigenvalue weighted by molar-refractivity contribution is 1.72. The Labute approximate surface area is 59.3 Å². The highest BCUT2D eigenvalue weighted by Crippen LogP contribution is 2.30. The first kappa shape index (κ1) is 6.07. The van der Waals surface area contributed by atoms with Gasteiger partial charge in [0, 0.05) is 0 Å². The second-order valence-corrected chi connectivity index (χ2v) is 10.4. The summed E-state index contributed by atoms with van der Waals surface area (Å²) in [5.41, 5.74) is 0. The Kier molecular flexibility index (Phi) is 2.65. The minimum absolute atomic E-state index is 0.536. The average Bonchev–Trinajstić information content (AvgIpc) is 1.69. The molecule has 0 unspecified atom stereocenters. The third kappa shape index (κ3) is 2.12. The summed E-state index contributed by atoms with van der Waals surface area (Å²) in [6.45, 7) is 2.25. The zero-order chi connectivity index (χ0) is 5.11. The molecule has 0 saturated carbocycles. The van der Waals surface area contributed by atoms with Gasteiger partial charge in [0.2, 0.25) is 0 Å². The van der Waals surface area contributed by atoms with Crippen molar-refractivity contribution < 1.29 is 0 Å². The molecule has 1 aliphatic heterocycles. The lowest BCUT2D eigenvalue weighted by atomic mass is 10.5. The van der Waals surface area contributed by atoms with Gasteiger partial charge in [0.15, 0.2) is 0 Å². The summed E-state index contributed by atoms with van der Waals surface area (Å²) in [6.07, 6.45) is 4.45. The monoisotopic (exact) mass is 320 g/mol. The molecule has 0 aromatic rings. The van der Waals surface area contributed by atoms with E-state index in [2.05, 4.69) is 23.2 Å². The molecule has 0 N–H and O–H groups in total. The van der Waals surface area contributed by atoms with Crippen molar-refractivity contribution in [1.82, 2.24) is 0 Å². The second kappa shape index (κ2) is 3.06. The maximum Gasteiger partial charge on any atom is -0.0125 e. The molecule has 0 saturated heterocycles. The van der Waals surface area contributed by atoms with Gasteiger partial charge in [-0.15, -0.1) is 0 Å². The molecule has 0 bridgehead atoms. The third-order valence-electron chi connectivity index (χ3n) is 0.600. The molecule has 0 nitrogen and oxygen atoms in total. The van der Waals surface area contributed by atoms with E-state index in [1.54, 1.807) is 3.58 Å². The van der Waals surface area contributed by atoms with Crippen molar-refractivity contribution in [3.63, 3.8) is 0 Å². The Morgan fingerprint density at radius 2 is 2.43 bits per heavy atom. The van der Waals surface area contributed by atoms with E-state index in [1.165, 1.54) is 0 Å². The van der Waals surface area contributed by atoms with Gasteiger partial charge < -0.3 is 0 Å². The molecule has 0 atom stereocenters. The van der Waals surface area contributed by atoms with Crippen LogP contribution in [0.2, 0.25) is 0 Å². The molecule has 1 heterocycles. The normalized spacial score (nSPS) is 19.3. The number of allylic oxidation sites excluding steroid dienone is 3. The van der Waals surface area contributed by atoms with Gasteiger partial charge in [-0.3, -0.25) is 0 Å². The second-order valence-electron chi connectivity index (χ2n) is 1.23. The first-order valence-corrected chi connectivity index (χ1v) is 10.6. The zero-order valence-corrected chi connectivity index (χ0v) is 8.30. The van der Waals surface area contributed by atoms with Crippen LogP contribution in [0.15, 0.2) is 19.8 Å². The minimum atomic E-state index is 0.536. The Balaban J connectivity index is 2.82. The van der Waals surface area contributed by atoms with E-state index in [4.69, 9.17) is 0 Å². The standard InChI is InChI=1S/C5H6I2/c1-5-3-2-4-6-7-5/h2-4H,1H3. The Hall–Kier alpha value is 0.940. The Morgan fingerprint density at radius 1 is 1.57 bits per heavy atom. The summed E-state index contributed by atoms with van der Waals surface area (Å²) in [5, 5.41) is 0. The van der Waals surface area contributed by atoms with Crippen LogP contribution in [0.5, 0.6) is 0 Å². The van der Waals surface area contributed by atoms with Crippen molar-refractivity contribution in [2.45, 2.75) is 6.92 Å². The number of hydrogen-bond acceptors (Lipinski definition) is 0. The fourth-order valence-electron chi connectivity index (χ4n) is 0.309. The van der Waals surface area contributed by atoms with E-state index in [0.29, 0.717) is 33.2 Å². The van der Waals surface area contributed by atoms with Crippen molar-refractivity contribution in [1.29, 1.82) is 0 Å². The van der Waals surface area contributed by atoms with Gasteiger partial charge in [0.25, 0.3) is 0 Å². The molecular formula is C5H6I2. The molecule has 0 aromatic heterocycles. The first-order valence-electron chi connectivity index (χ1n) is 2.01. The summed E-state index contributed by atoms with van der Waals surface area (Å²) in [7, 11) is 0. The van der Waals surface area contributed by atoms with Crippen molar-refractivity contribution in [3.8, 4) is 0 Å². The fraction of sp³-hybridized carbons (Fsp3) is 0.200. The minimum Gasteiger partial charge on any atom is -0.0555 e. The third-order valence-corrected chi connectivity index (χ3v) is 10.2. The molecule has 40 valence electrons. The van der Waals surface area contributed by atoms with Gasteiger partial charge >= 0.3 is 0 Å². The highest BCUT2D eigenvalue weighted by Gasteiger charge is 1.80. The molecule has 0 aliphatic carbocycles. The Bertz CT molecular complexity index is 142. The van der Waals surface area contributed by atoms with Crippen molar-refractivity contribution in [2.75, 3.05) is 0 Å². The van der Waals surface area contributed by atoms with Crippen molar-refractivity contribution >= 4 is 33.2 Å². The molecular weight excluding hydrogens is 314 g/mol. The van der Waals surface area contributed by atoms with E-state index in [9.17, 15) is 0 Å². The van der Waals surface area contributed by atoms with E-state index in [0.717, 1.165) is 0 Å². The molecule has 7 heavy (non-hydrogen) atoms. The average molecular weight is 320 g/mol. The lowest BCUT2D eigenvalue weighted by Gasteiger charge is -1.87. The van der Waals surface area contributed by atoms with Gasteiger partial charge in [0.05, 0.1) is 0 Å². The number of rotatable bonds is 0. The smallest absolute Gasteiger partial charge is 0.0125 e. The predicted molar refractivity (Wildman–Crippen MR) is 50.9 cm³/mol. The molecule has 1 rings (SSSR count). The Morgan fingerprint density at radius 3 is 2.71 bits per heavy atom. The van der Waals surface area contributed by atoms with E-state index < -0.39 is 0 Å². The highest BCUT2D eigenvalue weighted by atomic mass is 128. The van der Waals surface area contributed by atoms with Crippen LogP contribution in [0.4, 0.5) is 0 Å². The predicted octanol–water partition coefficient (Wildman–Crippen LogP) is 3.27. The van der Waals surface area contributed by atoms with Crippen LogP contribution in [0, 0.1) is 0 Å².